The Morgan fingerprint density at radius 2 is 1.78 bits per heavy atom. The number of hydrogen-bond donors (Lipinski definition) is 1. The molecule has 0 radical (unpaired) electrons. The molecule has 23 heavy (non-hydrogen) atoms. The zero-order valence-corrected chi connectivity index (χ0v) is 11.3. The van der Waals surface area contributed by atoms with E-state index in [4.69, 9.17) is 0 Å². The zero-order valence-electron chi connectivity index (χ0n) is 11.3. The number of benzene rings is 2. The first-order valence-electron chi connectivity index (χ1n) is 6.45. The van der Waals surface area contributed by atoms with Crippen LogP contribution < -0.4 is 0 Å². The highest BCUT2D eigenvalue weighted by molar-refractivity contribution is 6.05. The number of alkyl halides is 3. The third-order valence-electron chi connectivity index (χ3n) is 3.49. The van der Waals surface area contributed by atoms with Crippen LogP contribution >= 0.6 is 0 Å². The van der Waals surface area contributed by atoms with Crippen LogP contribution in [0.15, 0.2) is 36.4 Å². The number of rotatable bonds is 2. The number of fused-ring (bicyclic) bond motifs is 1. The molecule has 0 amide bonds. The molecule has 0 fully saturated rings. The summed E-state index contributed by atoms with van der Waals surface area (Å²) in [6.07, 6.45) is -4.33. The lowest BCUT2D eigenvalue weighted by molar-refractivity contribution is -0.136. The van der Waals surface area contributed by atoms with Crippen LogP contribution in [0.25, 0.3) is 22.2 Å². The fourth-order valence-electron chi connectivity index (χ4n) is 2.50. The molecule has 0 unspecified atom stereocenters. The number of H-pyrrole nitrogens is 1. The molecule has 3 aromatic rings. The average molecular weight is 325 g/mol. The molecule has 0 bridgehead atoms. The Balaban J connectivity index is 2.39. The molecule has 0 aliphatic carbocycles. The Labute approximate surface area is 126 Å². The van der Waals surface area contributed by atoms with Crippen molar-refractivity contribution in [3.8, 4) is 11.3 Å². The summed E-state index contributed by atoms with van der Waals surface area (Å²) >= 11 is 0. The number of para-hydroxylation sites is 1. The normalized spacial score (nSPS) is 11.9. The van der Waals surface area contributed by atoms with Crippen LogP contribution in [0.2, 0.25) is 0 Å². The molecule has 0 aliphatic heterocycles. The molecule has 0 spiro atoms. The van der Waals surface area contributed by atoms with Crippen LogP contribution in [0, 0.1) is 11.6 Å². The van der Waals surface area contributed by atoms with Gasteiger partial charge in [-0.05, 0) is 24.3 Å². The number of halogens is 5. The van der Waals surface area contributed by atoms with Gasteiger partial charge in [-0.1, -0.05) is 12.1 Å². The minimum Gasteiger partial charge on any atom is -0.353 e. The van der Waals surface area contributed by atoms with Crippen LogP contribution in [0.1, 0.15) is 15.9 Å². The third kappa shape index (κ3) is 2.48. The maximum absolute atomic E-state index is 13.9. The Morgan fingerprint density at radius 1 is 1.04 bits per heavy atom. The maximum atomic E-state index is 13.9. The van der Waals surface area contributed by atoms with Gasteiger partial charge in [0.1, 0.15) is 11.6 Å². The number of aldehydes is 1. The van der Waals surface area contributed by atoms with E-state index < -0.39 is 23.4 Å². The Morgan fingerprint density at radius 3 is 2.43 bits per heavy atom. The standard InChI is InChI=1S/C16H8F5NO/c17-8-4-5-13(18)10(6-8)14-11(7-23)9-2-1-3-12(15(9)22-14)16(19,20)21/h1-7,22H. The van der Waals surface area contributed by atoms with Gasteiger partial charge in [0, 0.05) is 16.5 Å². The average Bonchev–Trinajstić information content (AvgIpc) is 2.86. The topological polar surface area (TPSA) is 32.9 Å². The van der Waals surface area contributed by atoms with Gasteiger partial charge in [-0.3, -0.25) is 4.79 Å². The molecule has 7 heteroatoms. The zero-order chi connectivity index (χ0) is 16.8. The van der Waals surface area contributed by atoms with Crippen molar-refractivity contribution in [1.29, 1.82) is 0 Å². The minimum absolute atomic E-state index is 0.00603. The second-order valence-corrected chi connectivity index (χ2v) is 4.88. The van der Waals surface area contributed by atoms with E-state index >= 15 is 0 Å². The highest BCUT2D eigenvalue weighted by atomic mass is 19.4. The maximum Gasteiger partial charge on any atom is 0.418 e. The van der Waals surface area contributed by atoms with E-state index in [1.54, 1.807) is 0 Å². The summed E-state index contributed by atoms with van der Waals surface area (Å²) in [7, 11) is 0. The lowest BCUT2D eigenvalue weighted by Crippen LogP contribution is -2.05. The second kappa shape index (κ2) is 5.19. The van der Waals surface area contributed by atoms with E-state index in [0.29, 0.717) is 6.29 Å². The van der Waals surface area contributed by atoms with Crippen molar-refractivity contribution < 1.29 is 26.7 Å². The lowest BCUT2D eigenvalue weighted by atomic mass is 10.0. The highest BCUT2D eigenvalue weighted by Gasteiger charge is 2.34. The van der Waals surface area contributed by atoms with Crippen LogP contribution in [0.5, 0.6) is 0 Å². The molecule has 1 N–H and O–H groups in total. The van der Waals surface area contributed by atoms with Crippen LogP contribution in [-0.4, -0.2) is 11.3 Å². The van der Waals surface area contributed by atoms with Crippen LogP contribution in [0.4, 0.5) is 22.0 Å². The first-order chi connectivity index (χ1) is 10.8. The van der Waals surface area contributed by atoms with Gasteiger partial charge in [-0.25, -0.2) is 8.78 Å². The van der Waals surface area contributed by atoms with Gasteiger partial charge < -0.3 is 4.98 Å². The molecule has 2 aromatic carbocycles. The van der Waals surface area contributed by atoms with Gasteiger partial charge >= 0.3 is 6.18 Å². The molecule has 2 nitrogen and oxygen atoms in total. The van der Waals surface area contributed by atoms with E-state index in [2.05, 4.69) is 4.98 Å². The summed E-state index contributed by atoms with van der Waals surface area (Å²) in [5.74, 6) is -1.62. The first kappa shape index (κ1) is 15.2. The number of aromatic amines is 1. The SMILES string of the molecule is O=Cc1c(-c2cc(F)ccc2F)[nH]c2c(C(F)(F)F)cccc12. The summed E-state index contributed by atoms with van der Waals surface area (Å²) < 4.78 is 66.5. The number of aromatic nitrogens is 1. The first-order valence-corrected chi connectivity index (χ1v) is 6.45. The predicted molar refractivity (Wildman–Crippen MR) is 74.0 cm³/mol. The molecular formula is C16H8F5NO. The predicted octanol–water partition coefficient (Wildman–Crippen LogP) is 4.94. The van der Waals surface area contributed by atoms with E-state index in [0.717, 1.165) is 30.3 Å². The van der Waals surface area contributed by atoms with Gasteiger partial charge in [-0.15, -0.1) is 0 Å². The summed E-state index contributed by atoms with van der Waals surface area (Å²) in [5, 5.41) is -0.00603. The van der Waals surface area contributed by atoms with E-state index in [1.165, 1.54) is 6.07 Å². The number of carbonyl (C=O) groups excluding carboxylic acids is 1. The van der Waals surface area contributed by atoms with Gasteiger partial charge in [0.15, 0.2) is 6.29 Å². The van der Waals surface area contributed by atoms with E-state index in [9.17, 15) is 26.7 Å². The number of carbonyl (C=O) groups is 1. The summed E-state index contributed by atoms with van der Waals surface area (Å²) in [6, 6.07) is 5.85. The molecule has 118 valence electrons. The fourth-order valence-corrected chi connectivity index (χ4v) is 2.50. The van der Waals surface area contributed by atoms with Crippen molar-refractivity contribution in [2.45, 2.75) is 6.18 Å². The number of hydrogen-bond acceptors (Lipinski definition) is 1. The Bertz CT molecular complexity index is 911. The van der Waals surface area contributed by atoms with Gasteiger partial charge in [0.25, 0.3) is 0 Å². The van der Waals surface area contributed by atoms with Gasteiger partial charge in [0.05, 0.1) is 16.8 Å². The van der Waals surface area contributed by atoms with Crippen LogP contribution in [-0.2, 0) is 6.18 Å². The minimum atomic E-state index is -4.65. The Hall–Kier alpha value is -2.70. The number of nitrogens with one attached hydrogen (secondary N) is 1. The van der Waals surface area contributed by atoms with Gasteiger partial charge in [0.2, 0.25) is 0 Å². The summed E-state index contributed by atoms with van der Waals surface area (Å²) in [5.41, 5.74) is -1.99. The molecule has 1 aromatic heterocycles. The molecule has 1 heterocycles. The fraction of sp³-hybridized carbons (Fsp3) is 0.0625. The summed E-state index contributed by atoms with van der Waals surface area (Å²) in [4.78, 5) is 13.7. The van der Waals surface area contributed by atoms with Crippen molar-refractivity contribution in [2.75, 3.05) is 0 Å². The smallest absolute Gasteiger partial charge is 0.353 e. The molecular weight excluding hydrogens is 317 g/mol. The Kier molecular flexibility index (Phi) is 3.43. The quantitative estimate of drug-likeness (QED) is 0.525. The third-order valence-corrected chi connectivity index (χ3v) is 3.49. The largest absolute Gasteiger partial charge is 0.418 e. The van der Waals surface area contributed by atoms with Crippen molar-refractivity contribution in [2.24, 2.45) is 0 Å². The van der Waals surface area contributed by atoms with Crippen molar-refractivity contribution in [1.82, 2.24) is 4.98 Å². The van der Waals surface area contributed by atoms with Crippen molar-refractivity contribution in [3.05, 3.63) is 59.2 Å². The van der Waals surface area contributed by atoms with Crippen LogP contribution in [0.3, 0.4) is 0 Å². The van der Waals surface area contributed by atoms with Crippen molar-refractivity contribution in [3.63, 3.8) is 0 Å². The highest BCUT2D eigenvalue weighted by Crippen LogP contribution is 2.38. The molecule has 0 saturated heterocycles. The molecule has 0 saturated carbocycles. The second-order valence-electron chi connectivity index (χ2n) is 4.88. The monoisotopic (exact) mass is 325 g/mol. The summed E-state index contributed by atoms with van der Waals surface area (Å²) in [6.45, 7) is 0. The lowest BCUT2D eigenvalue weighted by Gasteiger charge is -2.07. The molecule has 0 aliphatic rings. The van der Waals surface area contributed by atoms with E-state index in [-0.39, 0.29) is 27.7 Å². The van der Waals surface area contributed by atoms with Gasteiger partial charge in [-0.2, -0.15) is 13.2 Å². The molecule has 0 atom stereocenters. The van der Waals surface area contributed by atoms with E-state index in [1.807, 2.05) is 0 Å². The van der Waals surface area contributed by atoms with Crippen molar-refractivity contribution >= 4 is 17.2 Å². The molecule has 3 rings (SSSR count).